The van der Waals surface area contributed by atoms with Gasteiger partial charge in [0.1, 0.15) is 12.4 Å². The van der Waals surface area contributed by atoms with Gasteiger partial charge in [0.15, 0.2) is 6.54 Å². The molecule has 0 aliphatic rings. The molecule has 0 saturated carbocycles. The Kier molecular flexibility index (Phi) is 5.92. The second-order valence-corrected chi connectivity index (χ2v) is 5.78. The maximum atomic E-state index is 13.1. The van der Waals surface area contributed by atoms with Crippen molar-refractivity contribution in [1.29, 1.82) is 0 Å². The van der Waals surface area contributed by atoms with E-state index in [1.807, 2.05) is 31.3 Å². The first-order valence-electron chi connectivity index (χ1n) is 7.10. The van der Waals surface area contributed by atoms with Crippen molar-refractivity contribution in [2.24, 2.45) is 0 Å². The van der Waals surface area contributed by atoms with Gasteiger partial charge in [-0.3, -0.25) is 4.79 Å². The van der Waals surface area contributed by atoms with Crippen molar-refractivity contribution in [1.82, 2.24) is 5.32 Å². The fraction of sp³-hybridized carbons (Fsp3) is 0.235. The van der Waals surface area contributed by atoms with Gasteiger partial charge in [0, 0.05) is 17.1 Å². The molecule has 0 aromatic heterocycles. The third-order valence-electron chi connectivity index (χ3n) is 3.24. The molecule has 22 heavy (non-hydrogen) atoms. The van der Waals surface area contributed by atoms with E-state index < -0.39 is 0 Å². The van der Waals surface area contributed by atoms with Gasteiger partial charge in [0.2, 0.25) is 0 Å². The first-order valence-corrected chi connectivity index (χ1v) is 7.47. The topological polar surface area (TPSA) is 33.5 Å². The molecule has 0 fully saturated rings. The highest BCUT2D eigenvalue weighted by Gasteiger charge is 2.10. The van der Waals surface area contributed by atoms with Crippen LogP contribution in [0.4, 0.5) is 4.39 Å². The normalized spacial score (nSPS) is 12.0. The number of benzene rings is 2. The zero-order valence-corrected chi connectivity index (χ0v) is 13.2. The van der Waals surface area contributed by atoms with Crippen LogP contribution in [-0.4, -0.2) is 19.5 Å². The molecule has 2 rings (SSSR count). The van der Waals surface area contributed by atoms with E-state index in [2.05, 4.69) is 5.32 Å². The minimum Gasteiger partial charge on any atom is -0.347 e. The van der Waals surface area contributed by atoms with Gasteiger partial charge in [-0.15, -0.1) is 0 Å². The Balaban J connectivity index is 1.79. The predicted octanol–water partition coefficient (Wildman–Crippen LogP) is 1.81. The summed E-state index contributed by atoms with van der Waals surface area (Å²) in [4.78, 5) is 12.9. The Labute approximate surface area is 134 Å². The van der Waals surface area contributed by atoms with E-state index in [-0.39, 0.29) is 11.7 Å². The zero-order valence-electron chi connectivity index (χ0n) is 12.4. The van der Waals surface area contributed by atoms with Crippen molar-refractivity contribution in [2.45, 2.75) is 13.1 Å². The van der Waals surface area contributed by atoms with Crippen LogP contribution < -0.4 is 10.2 Å². The molecule has 116 valence electrons. The number of rotatable bonds is 6. The molecule has 2 aromatic rings. The van der Waals surface area contributed by atoms with Gasteiger partial charge in [0.05, 0.1) is 7.05 Å². The SMILES string of the molecule is C[NH+](CC(=O)NCc1cccc(Cl)c1)Cc1cccc(F)c1. The molecular weight excluding hydrogens is 303 g/mol. The Morgan fingerprint density at radius 1 is 1.18 bits per heavy atom. The van der Waals surface area contributed by atoms with Gasteiger partial charge in [-0.2, -0.15) is 0 Å². The molecule has 2 aromatic carbocycles. The molecule has 0 bridgehead atoms. The third kappa shape index (κ3) is 5.47. The highest BCUT2D eigenvalue weighted by Crippen LogP contribution is 2.10. The van der Waals surface area contributed by atoms with Crippen LogP contribution in [-0.2, 0) is 17.9 Å². The number of carbonyl (C=O) groups excluding carboxylic acids is 1. The summed E-state index contributed by atoms with van der Waals surface area (Å²) in [5.74, 6) is -0.301. The van der Waals surface area contributed by atoms with E-state index in [1.165, 1.54) is 12.1 Å². The van der Waals surface area contributed by atoms with Crippen molar-refractivity contribution < 1.29 is 14.1 Å². The number of halogens is 2. The standard InChI is InChI=1S/C17H18ClFN2O/c1-21(11-14-5-3-7-16(19)9-14)12-17(22)20-10-13-4-2-6-15(18)8-13/h2-9H,10-12H2,1H3,(H,20,22)/p+1. The Morgan fingerprint density at radius 2 is 1.91 bits per heavy atom. The van der Waals surface area contributed by atoms with Gasteiger partial charge < -0.3 is 10.2 Å². The first-order chi connectivity index (χ1) is 10.5. The predicted molar refractivity (Wildman–Crippen MR) is 85.2 cm³/mol. The van der Waals surface area contributed by atoms with E-state index in [1.54, 1.807) is 12.1 Å². The van der Waals surface area contributed by atoms with E-state index in [0.29, 0.717) is 24.7 Å². The number of hydrogen-bond donors (Lipinski definition) is 2. The van der Waals surface area contributed by atoms with Crippen molar-refractivity contribution in [3.05, 3.63) is 70.5 Å². The van der Waals surface area contributed by atoms with Gasteiger partial charge in [-0.25, -0.2) is 4.39 Å². The minimum atomic E-state index is -0.254. The lowest BCUT2D eigenvalue weighted by Gasteiger charge is -2.14. The number of amides is 1. The molecule has 0 spiro atoms. The zero-order chi connectivity index (χ0) is 15.9. The molecule has 0 radical (unpaired) electrons. The van der Waals surface area contributed by atoms with Crippen molar-refractivity contribution in [2.75, 3.05) is 13.6 Å². The van der Waals surface area contributed by atoms with Gasteiger partial charge in [-0.05, 0) is 29.8 Å². The molecule has 3 nitrogen and oxygen atoms in total. The van der Waals surface area contributed by atoms with Crippen LogP contribution >= 0.6 is 11.6 Å². The summed E-state index contributed by atoms with van der Waals surface area (Å²) >= 11 is 5.90. The Hall–Kier alpha value is -1.91. The molecule has 0 heterocycles. The molecule has 0 saturated heterocycles. The Morgan fingerprint density at radius 3 is 2.64 bits per heavy atom. The lowest BCUT2D eigenvalue weighted by molar-refractivity contribution is -0.885. The van der Waals surface area contributed by atoms with E-state index >= 15 is 0 Å². The lowest BCUT2D eigenvalue weighted by Crippen LogP contribution is -3.08. The van der Waals surface area contributed by atoms with Gasteiger partial charge in [0.25, 0.3) is 5.91 Å². The monoisotopic (exact) mass is 321 g/mol. The van der Waals surface area contributed by atoms with Crippen molar-refractivity contribution >= 4 is 17.5 Å². The van der Waals surface area contributed by atoms with E-state index in [0.717, 1.165) is 16.0 Å². The number of carbonyl (C=O) groups is 1. The van der Waals surface area contributed by atoms with Crippen LogP contribution in [0, 0.1) is 5.82 Å². The van der Waals surface area contributed by atoms with Crippen LogP contribution in [0.15, 0.2) is 48.5 Å². The molecule has 5 heteroatoms. The fourth-order valence-corrected chi connectivity index (χ4v) is 2.45. The summed E-state index contributed by atoms with van der Waals surface area (Å²) in [6.45, 7) is 1.38. The summed E-state index contributed by atoms with van der Waals surface area (Å²) in [7, 11) is 1.91. The van der Waals surface area contributed by atoms with Crippen LogP contribution in [0.5, 0.6) is 0 Å². The Bertz CT molecular complexity index is 648. The van der Waals surface area contributed by atoms with Crippen LogP contribution in [0.3, 0.4) is 0 Å². The summed E-state index contributed by atoms with van der Waals surface area (Å²) in [5.41, 5.74) is 1.84. The molecule has 1 unspecified atom stereocenters. The second kappa shape index (κ2) is 7.92. The van der Waals surface area contributed by atoms with Crippen LogP contribution in [0.1, 0.15) is 11.1 Å². The molecule has 1 amide bonds. The summed E-state index contributed by atoms with van der Waals surface area (Å²) in [5, 5.41) is 3.52. The fourth-order valence-electron chi connectivity index (χ4n) is 2.24. The summed E-state index contributed by atoms with van der Waals surface area (Å²) in [6, 6.07) is 13.8. The van der Waals surface area contributed by atoms with Crippen molar-refractivity contribution in [3.8, 4) is 0 Å². The number of nitrogens with one attached hydrogen (secondary N) is 2. The number of hydrogen-bond acceptors (Lipinski definition) is 1. The molecular formula is C17H19ClFN2O+. The highest BCUT2D eigenvalue weighted by atomic mass is 35.5. The third-order valence-corrected chi connectivity index (χ3v) is 3.47. The molecule has 0 aliphatic heterocycles. The largest absolute Gasteiger partial charge is 0.347 e. The first kappa shape index (κ1) is 16.5. The molecule has 0 aliphatic carbocycles. The highest BCUT2D eigenvalue weighted by molar-refractivity contribution is 6.30. The van der Waals surface area contributed by atoms with Gasteiger partial charge >= 0.3 is 0 Å². The maximum absolute atomic E-state index is 13.1. The summed E-state index contributed by atoms with van der Waals surface area (Å²) in [6.07, 6.45) is 0. The smallest absolute Gasteiger partial charge is 0.275 e. The van der Waals surface area contributed by atoms with Crippen molar-refractivity contribution in [3.63, 3.8) is 0 Å². The number of likely N-dealkylation sites (N-methyl/N-ethyl adjacent to an activating group) is 1. The van der Waals surface area contributed by atoms with E-state index in [9.17, 15) is 9.18 Å². The lowest BCUT2D eigenvalue weighted by atomic mass is 10.2. The van der Waals surface area contributed by atoms with Crippen LogP contribution in [0.25, 0.3) is 0 Å². The van der Waals surface area contributed by atoms with E-state index in [4.69, 9.17) is 11.6 Å². The average Bonchev–Trinajstić information content (AvgIpc) is 2.45. The quantitative estimate of drug-likeness (QED) is 0.836. The molecule has 2 N–H and O–H groups in total. The summed E-state index contributed by atoms with van der Waals surface area (Å²) < 4.78 is 13.1. The van der Waals surface area contributed by atoms with Gasteiger partial charge in [-0.1, -0.05) is 35.9 Å². The minimum absolute atomic E-state index is 0.0473. The average molecular weight is 322 g/mol. The van der Waals surface area contributed by atoms with Crippen LogP contribution in [0.2, 0.25) is 5.02 Å². The maximum Gasteiger partial charge on any atom is 0.275 e. The second-order valence-electron chi connectivity index (χ2n) is 5.35. The molecule has 1 atom stereocenters. The number of quaternary nitrogens is 1.